The molecule has 1 heterocycles. The third-order valence-electron chi connectivity index (χ3n) is 3.98. The van der Waals surface area contributed by atoms with Crippen LogP contribution in [0.5, 0.6) is 0 Å². The highest BCUT2D eigenvalue weighted by Gasteiger charge is 2.26. The molecule has 0 saturated heterocycles. The van der Waals surface area contributed by atoms with E-state index in [9.17, 15) is 0 Å². The van der Waals surface area contributed by atoms with Gasteiger partial charge in [0.25, 0.3) is 0 Å². The van der Waals surface area contributed by atoms with Crippen LogP contribution in [0.4, 0.5) is 0 Å². The number of H-pyrrole nitrogens is 1. The number of nitrogens with zero attached hydrogens (tertiary/aromatic N) is 2. The number of aromatic amines is 1. The highest BCUT2D eigenvalue weighted by atomic mass is 15.2. The van der Waals surface area contributed by atoms with Crippen LogP contribution in [0.25, 0.3) is 0 Å². The maximum atomic E-state index is 4.14. The second kappa shape index (κ2) is 6.15. The predicted octanol–water partition coefficient (Wildman–Crippen LogP) is 2.15. The third kappa shape index (κ3) is 3.53. The van der Waals surface area contributed by atoms with Gasteiger partial charge in [0.15, 0.2) is 0 Å². The molecule has 0 spiro atoms. The minimum atomic E-state index is 0.707. The first kappa shape index (κ1) is 12.6. The summed E-state index contributed by atoms with van der Waals surface area (Å²) in [6, 6.07) is 0.707. The maximum absolute atomic E-state index is 4.14. The fourth-order valence-electron chi connectivity index (χ4n) is 2.96. The summed E-state index contributed by atoms with van der Waals surface area (Å²) >= 11 is 0. The van der Waals surface area contributed by atoms with Crippen molar-refractivity contribution in [2.45, 2.75) is 52.0 Å². The highest BCUT2D eigenvalue weighted by Crippen LogP contribution is 2.28. The molecule has 2 atom stereocenters. The largest absolute Gasteiger partial charge is 0.313 e. The predicted molar refractivity (Wildman–Crippen MR) is 68.7 cm³/mol. The minimum absolute atomic E-state index is 0.707. The van der Waals surface area contributed by atoms with E-state index in [2.05, 4.69) is 34.3 Å². The molecule has 17 heavy (non-hydrogen) atoms. The van der Waals surface area contributed by atoms with Crippen molar-refractivity contribution in [2.75, 3.05) is 6.54 Å². The Morgan fingerprint density at radius 2 is 2.12 bits per heavy atom. The van der Waals surface area contributed by atoms with Crippen molar-refractivity contribution in [3.63, 3.8) is 0 Å². The molecule has 2 rings (SSSR count). The Morgan fingerprint density at radius 3 is 2.76 bits per heavy atom. The molecule has 96 valence electrons. The molecular formula is C13H24N4. The van der Waals surface area contributed by atoms with Crippen LogP contribution in [0, 0.1) is 11.8 Å². The molecule has 0 aromatic carbocycles. The van der Waals surface area contributed by atoms with E-state index >= 15 is 0 Å². The summed E-state index contributed by atoms with van der Waals surface area (Å²) in [6.45, 7) is 5.84. The zero-order valence-electron chi connectivity index (χ0n) is 10.9. The van der Waals surface area contributed by atoms with Crippen molar-refractivity contribution in [1.82, 2.24) is 20.5 Å². The summed E-state index contributed by atoms with van der Waals surface area (Å²) in [4.78, 5) is 4.14. The SMILES string of the molecule is CC1CCCC(C)C1NCCCc1ncn[nH]1. The highest BCUT2D eigenvalue weighted by molar-refractivity contribution is 4.84. The molecule has 1 saturated carbocycles. The van der Waals surface area contributed by atoms with E-state index in [0.717, 1.165) is 37.0 Å². The fourth-order valence-corrected chi connectivity index (χ4v) is 2.96. The van der Waals surface area contributed by atoms with Gasteiger partial charge >= 0.3 is 0 Å². The molecule has 1 aromatic rings. The number of rotatable bonds is 5. The summed E-state index contributed by atoms with van der Waals surface area (Å²) in [5, 5.41) is 10.5. The average Bonchev–Trinajstić information content (AvgIpc) is 2.80. The first-order valence-electron chi connectivity index (χ1n) is 6.85. The molecule has 0 radical (unpaired) electrons. The van der Waals surface area contributed by atoms with Crippen molar-refractivity contribution < 1.29 is 0 Å². The number of aromatic nitrogens is 3. The van der Waals surface area contributed by atoms with Gasteiger partial charge in [0.05, 0.1) is 0 Å². The van der Waals surface area contributed by atoms with Crippen LogP contribution >= 0.6 is 0 Å². The normalized spacial score (nSPS) is 29.4. The Hall–Kier alpha value is -0.900. The van der Waals surface area contributed by atoms with E-state index < -0.39 is 0 Å². The Labute approximate surface area is 104 Å². The smallest absolute Gasteiger partial charge is 0.137 e. The van der Waals surface area contributed by atoms with Gasteiger partial charge in [-0.25, -0.2) is 4.98 Å². The van der Waals surface area contributed by atoms with Crippen molar-refractivity contribution in [3.05, 3.63) is 12.2 Å². The lowest BCUT2D eigenvalue weighted by atomic mass is 9.79. The fraction of sp³-hybridized carbons (Fsp3) is 0.846. The number of hydrogen-bond donors (Lipinski definition) is 2. The van der Waals surface area contributed by atoms with Gasteiger partial charge in [0.2, 0.25) is 0 Å². The van der Waals surface area contributed by atoms with Crippen molar-refractivity contribution >= 4 is 0 Å². The van der Waals surface area contributed by atoms with Crippen LogP contribution in [0.1, 0.15) is 45.4 Å². The van der Waals surface area contributed by atoms with Gasteiger partial charge < -0.3 is 5.32 Å². The topological polar surface area (TPSA) is 53.6 Å². The van der Waals surface area contributed by atoms with Crippen molar-refractivity contribution in [1.29, 1.82) is 0 Å². The second-order valence-corrected chi connectivity index (χ2v) is 5.40. The van der Waals surface area contributed by atoms with E-state index in [1.54, 1.807) is 6.33 Å². The summed E-state index contributed by atoms with van der Waals surface area (Å²) in [5.41, 5.74) is 0. The van der Waals surface area contributed by atoms with Gasteiger partial charge in [0, 0.05) is 12.5 Å². The van der Waals surface area contributed by atoms with Gasteiger partial charge in [-0.15, -0.1) is 0 Å². The van der Waals surface area contributed by atoms with Crippen molar-refractivity contribution in [2.24, 2.45) is 11.8 Å². The minimum Gasteiger partial charge on any atom is -0.313 e. The van der Waals surface area contributed by atoms with E-state index in [4.69, 9.17) is 0 Å². The van der Waals surface area contributed by atoms with Gasteiger partial charge in [-0.1, -0.05) is 20.3 Å². The molecular weight excluding hydrogens is 212 g/mol. The lowest BCUT2D eigenvalue weighted by Crippen LogP contribution is -2.43. The van der Waals surface area contributed by atoms with E-state index in [1.807, 2.05) is 0 Å². The first-order chi connectivity index (χ1) is 8.27. The molecule has 1 aliphatic rings. The zero-order chi connectivity index (χ0) is 12.1. The molecule has 2 unspecified atom stereocenters. The van der Waals surface area contributed by atoms with Crippen LogP contribution in [-0.4, -0.2) is 27.8 Å². The van der Waals surface area contributed by atoms with Crippen LogP contribution in [0.3, 0.4) is 0 Å². The third-order valence-corrected chi connectivity index (χ3v) is 3.98. The van der Waals surface area contributed by atoms with Gasteiger partial charge in [0.1, 0.15) is 12.2 Å². The van der Waals surface area contributed by atoms with Crippen LogP contribution in [0.2, 0.25) is 0 Å². The Kier molecular flexibility index (Phi) is 4.54. The standard InChI is InChI=1S/C13H24N4/c1-10-5-3-6-11(2)13(10)14-8-4-7-12-15-9-16-17-12/h9-11,13-14H,3-8H2,1-2H3,(H,15,16,17). The summed E-state index contributed by atoms with van der Waals surface area (Å²) in [5.74, 6) is 2.64. The van der Waals surface area contributed by atoms with Crippen LogP contribution < -0.4 is 5.32 Å². The average molecular weight is 236 g/mol. The summed E-state index contributed by atoms with van der Waals surface area (Å²) < 4.78 is 0. The first-order valence-corrected chi connectivity index (χ1v) is 6.85. The maximum Gasteiger partial charge on any atom is 0.137 e. The molecule has 0 bridgehead atoms. The number of aryl methyl sites for hydroxylation is 1. The molecule has 0 amide bonds. The van der Waals surface area contributed by atoms with E-state index in [-0.39, 0.29) is 0 Å². The van der Waals surface area contributed by atoms with Gasteiger partial charge in [-0.3, -0.25) is 5.10 Å². The van der Waals surface area contributed by atoms with Crippen LogP contribution in [-0.2, 0) is 6.42 Å². The molecule has 2 N–H and O–H groups in total. The zero-order valence-corrected chi connectivity index (χ0v) is 10.9. The molecule has 1 aliphatic carbocycles. The monoisotopic (exact) mass is 236 g/mol. The molecule has 4 nitrogen and oxygen atoms in total. The van der Waals surface area contributed by atoms with Gasteiger partial charge in [-0.05, 0) is 37.6 Å². The van der Waals surface area contributed by atoms with Crippen LogP contribution in [0.15, 0.2) is 6.33 Å². The number of hydrogen-bond acceptors (Lipinski definition) is 3. The molecule has 4 heteroatoms. The second-order valence-electron chi connectivity index (χ2n) is 5.40. The summed E-state index contributed by atoms with van der Waals surface area (Å²) in [6.07, 6.45) is 7.86. The van der Waals surface area contributed by atoms with Crippen molar-refractivity contribution in [3.8, 4) is 0 Å². The molecule has 1 aromatic heterocycles. The molecule has 0 aliphatic heterocycles. The Bertz CT molecular complexity index is 299. The Morgan fingerprint density at radius 1 is 1.35 bits per heavy atom. The van der Waals surface area contributed by atoms with E-state index in [0.29, 0.717) is 6.04 Å². The van der Waals surface area contributed by atoms with E-state index in [1.165, 1.54) is 19.3 Å². The molecule has 1 fully saturated rings. The lowest BCUT2D eigenvalue weighted by Gasteiger charge is -2.35. The quantitative estimate of drug-likeness (QED) is 0.770. The van der Waals surface area contributed by atoms with Gasteiger partial charge in [-0.2, -0.15) is 5.10 Å². The number of nitrogens with one attached hydrogen (secondary N) is 2. The summed E-state index contributed by atoms with van der Waals surface area (Å²) in [7, 11) is 0. The Balaban J connectivity index is 1.67. The lowest BCUT2D eigenvalue weighted by molar-refractivity contribution is 0.209.